The highest BCUT2D eigenvalue weighted by Gasteiger charge is 2.35. The number of nitrogens with zero attached hydrogens (tertiary/aromatic N) is 1. The van der Waals surface area contributed by atoms with Gasteiger partial charge in [0.15, 0.2) is 0 Å². The number of benzene rings is 1. The zero-order valence-electron chi connectivity index (χ0n) is 18.9. The van der Waals surface area contributed by atoms with Crippen LogP contribution in [0.25, 0.3) is 0 Å². The Labute approximate surface area is 189 Å². The van der Waals surface area contributed by atoms with Crippen LogP contribution in [0.5, 0.6) is 0 Å². The monoisotopic (exact) mass is 442 g/mol. The van der Waals surface area contributed by atoms with Crippen LogP contribution in [-0.2, 0) is 9.53 Å². The van der Waals surface area contributed by atoms with E-state index < -0.39 is 11.6 Å². The fourth-order valence-electron chi connectivity index (χ4n) is 3.58. The Morgan fingerprint density at radius 3 is 2.66 bits per heavy atom. The highest BCUT2D eigenvalue weighted by atomic mass is 19.1. The Balaban J connectivity index is 1.65. The molecular weight excluding hydrogens is 410 g/mol. The molecule has 0 bridgehead atoms. The first-order valence-corrected chi connectivity index (χ1v) is 11.2. The number of ether oxygens (including phenoxy) is 1. The van der Waals surface area contributed by atoms with Crippen molar-refractivity contribution in [1.82, 2.24) is 5.32 Å². The largest absolute Gasteiger partial charge is 0.491 e. The van der Waals surface area contributed by atoms with Gasteiger partial charge in [0.05, 0.1) is 11.6 Å². The van der Waals surface area contributed by atoms with Crippen molar-refractivity contribution in [2.24, 2.45) is 5.92 Å². The Kier molecular flexibility index (Phi) is 10.1. The van der Waals surface area contributed by atoms with E-state index in [1.165, 1.54) is 12.1 Å². The van der Waals surface area contributed by atoms with E-state index in [2.05, 4.69) is 24.9 Å². The topological polar surface area (TPSA) is 62.1 Å². The number of nitriles is 1. The molecular formula is C26H32F2N2O2. The summed E-state index contributed by atoms with van der Waals surface area (Å²) in [6.45, 7) is 8.36. The SMILES string of the molecule is C=C(/C=C(C#N)\C=C/CCC)OC1CC(C(=O)NCCCC(C)c2cc(F)cc(F)c2)C1. The number of allylic oxidation sites excluding steroid dienone is 4. The molecule has 0 spiro atoms. The Bertz CT molecular complexity index is 875. The van der Waals surface area contributed by atoms with Gasteiger partial charge in [-0.05, 0) is 67.9 Å². The molecule has 0 aliphatic heterocycles. The third-order valence-electron chi connectivity index (χ3n) is 5.55. The van der Waals surface area contributed by atoms with E-state index in [0.29, 0.717) is 36.3 Å². The van der Waals surface area contributed by atoms with Gasteiger partial charge in [0.1, 0.15) is 23.5 Å². The maximum absolute atomic E-state index is 13.3. The molecule has 1 unspecified atom stereocenters. The standard InChI is InChI=1S/C26H32F2N2O2/c1-4-5-6-9-20(17-29)11-19(3)32-25-14-22(15-25)26(31)30-10-7-8-18(2)21-12-23(27)16-24(28)13-21/h6,9,11-13,16,18,22,25H,3-5,7-8,10,14-15H2,1-2H3,(H,30,31)/b9-6-,20-11+. The fourth-order valence-corrected chi connectivity index (χ4v) is 3.58. The van der Waals surface area contributed by atoms with Crippen molar-refractivity contribution in [2.45, 2.75) is 64.4 Å². The number of carbonyl (C=O) groups is 1. The lowest BCUT2D eigenvalue weighted by Crippen LogP contribution is -2.42. The van der Waals surface area contributed by atoms with Gasteiger partial charge in [-0.3, -0.25) is 4.79 Å². The van der Waals surface area contributed by atoms with Gasteiger partial charge in [0, 0.05) is 18.5 Å². The summed E-state index contributed by atoms with van der Waals surface area (Å²) in [5, 5.41) is 12.1. The quantitative estimate of drug-likeness (QED) is 0.185. The molecule has 1 aromatic carbocycles. The van der Waals surface area contributed by atoms with Gasteiger partial charge in [0.25, 0.3) is 0 Å². The molecule has 1 fully saturated rings. The zero-order chi connectivity index (χ0) is 23.5. The summed E-state index contributed by atoms with van der Waals surface area (Å²) in [5.41, 5.74) is 1.12. The normalized spacial score (nSPS) is 19.2. The van der Waals surface area contributed by atoms with Gasteiger partial charge >= 0.3 is 0 Å². The van der Waals surface area contributed by atoms with Crippen LogP contribution in [0.15, 0.2) is 54.3 Å². The molecule has 1 N–H and O–H groups in total. The van der Waals surface area contributed by atoms with Crippen molar-refractivity contribution in [3.05, 3.63) is 71.5 Å². The number of halogens is 2. The molecule has 6 heteroatoms. The van der Waals surface area contributed by atoms with Crippen LogP contribution in [0.1, 0.15) is 63.9 Å². The maximum Gasteiger partial charge on any atom is 0.223 e. The molecule has 1 atom stereocenters. The maximum atomic E-state index is 13.3. The number of amides is 1. The minimum atomic E-state index is -0.572. The first kappa shape index (κ1) is 25.3. The van der Waals surface area contributed by atoms with Gasteiger partial charge in [-0.1, -0.05) is 32.9 Å². The van der Waals surface area contributed by atoms with Crippen LogP contribution in [-0.4, -0.2) is 18.6 Å². The summed E-state index contributed by atoms with van der Waals surface area (Å²) in [6.07, 6.45) is 9.86. The van der Waals surface area contributed by atoms with Crippen LogP contribution in [0.4, 0.5) is 8.78 Å². The van der Waals surface area contributed by atoms with Gasteiger partial charge in [-0.25, -0.2) is 8.78 Å². The molecule has 32 heavy (non-hydrogen) atoms. The lowest BCUT2D eigenvalue weighted by atomic mass is 9.81. The van der Waals surface area contributed by atoms with Crippen LogP contribution in [0.3, 0.4) is 0 Å². The zero-order valence-corrected chi connectivity index (χ0v) is 18.9. The second kappa shape index (κ2) is 12.8. The first-order chi connectivity index (χ1) is 15.3. The number of hydrogen-bond acceptors (Lipinski definition) is 3. The highest BCUT2D eigenvalue weighted by Crippen LogP contribution is 2.32. The molecule has 0 aromatic heterocycles. The molecule has 4 nitrogen and oxygen atoms in total. The summed E-state index contributed by atoms with van der Waals surface area (Å²) in [6, 6.07) is 5.68. The van der Waals surface area contributed by atoms with Crippen LogP contribution < -0.4 is 5.32 Å². The molecule has 1 aliphatic carbocycles. The molecule has 172 valence electrons. The van der Waals surface area contributed by atoms with Gasteiger partial charge in [-0.15, -0.1) is 0 Å². The van der Waals surface area contributed by atoms with Crippen LogP contribution in [0, 0.1) is 28.9 Å². The second-order valence-corrected chi connectivity index (χ2v) is 8.31. The van der Waals surface area contributed by atoms with Crippen molar-refractivity contribution < 1.29 is 18.3 Å². The summed E-state index contributed by atoms with van der Waals surface area (Å²) < 4.78 is 32.4. The van der Waals surface area contributed by atoms with Crippen molar-refractivity contribution >= 4 is 5.91 Å². The van der Waals surface area contributed by atoms with E-state index in [1.807, 2.05) is 13.0 Å². The molecule has 1 aliphatic rings. The molecule has 1 saturated carbocycles. The summed E-state index contributed by atoms with van der Waals surface area (Å²) in [7, 11) is 0. The number of carbonyl (C=O) groups excluding carboxylic acids is 1. The van der Waals surface area contributed by atoms with E-state index in [1.54, 1.807) is 12.2 Å². The van der Waals surface area contributed by atoms with Crippen molar-refractivity contribution in [2.75, 3.05) is 6.54 Å². The Morgan fingerprint density at radius 1 is 1.34 bits per heavy atom. The average Bonchev–Trinajstić information content (AvgIpc) is 2.71. The lowest BCUT2D eigenvalue weighted by molar-refractivity contribution is -0.132. The third kappa shape index (κ3) is 8.30. The number of hydrogen-bond donors (Lipinski definition) is 1. The summed E-state index contributed by atoms with van der Waals surface area (Å²) in [5.74, 6) is -0.807. The lowest BCUT2D eigenvalue weighted by Gasteiger charge is -2.34. The minimum Gasteiger partial charge on any atom is -0.491 e. The Hall–Kier alpha value is -2.94. The second-order valence-electron chi connectivity index (χ2n) is 8.31. The molecule has 1 amide bonds. The summed E-state index contributed by atoms with van der Waals surface area (Å²) >= 11 is 0. The van der Waals surface area contributed by atoms with E-state index in [4.69, 9.17) is 10.00 Å². The Morgan fingerprint density at radius 2 is 2.03 bits per heavy atom. The van der Waals surface area contributed by atoms with Gasteiger partial charge in [0.2, 0.25) is 5.91 Å². The predicted octanol–water partition coefficient (Wildman–Crippen LogP) is 6.08. The molecule has 0 heterocycles. The third-order valence-corrected chi connectivity index (χ3v) is 5.55. The number of rotatable bonds is 12. The smallest absolute Gasteiger partial charge is 0.223 e. The van der Waals surface area contributed by atoms with Crippen molar-refractivity contribution in [3.63, 3.8) is 0 Å². The predicted molar refractivity (Wildman–Crippen MR) is 121 cm³/mol. The fraction of sp³-hybridized carbons (Fsp3) is 0.462. The first-order valence-electron chi connectivity index (χ1n) is 11.2. The van der Waals surface area contributed by atoms with E-state index >= 15 is 0 Å². The average molecular weight is 443 g/mol. The molecule has 0 saturated heterocycles. The molecule has 2 rings (SSSR count). The number of nitrogens with one attached hydrogen (secondary N) is 1. The van der Waals surface area contributed by atoms with Gasteiger partial charge in [-0.2, -0.15) is 5.26 Å². The van der Waals surface area contributed by atoms with E-state index in [-0.39, 0.29) is 23.8 Å². The minimum absolute atomic E-state index is 0.00401. The number of unbranched alkanes of at least 4 members (excludes halogenated alkanes) is 1. The highest BCUT2D eigenvalue weighted by molar-refractivity contribution is 5.79. The molecule has 0 radical (unpaired) electrons. The van der Waals surface area contributed by atoms with Crippen LogP contribution >= 0.6 is 0 Å². The van der Waals surface area contributed by atoms with Crippen molar-refractivity contribution in [3.8, 4) is 6.07 Å². The van der Waals surface area contributed by atoms with E-state index in [0.717, 1.165) is 31.7 Å². The summed E-state index contributed by atoms with van der Waals surface area (Å²) in [4.78, 5) is 12.3. The van der Waals surface area contributed by atoms with E-state index in [9.17, 15) is 13.6 Å². The van der Waals surface area contributed by atoms with Gasteiger partial charge < -0.3 is 10.1 Å². The molecule has 1 aromatic rings. The van der Waals surface area contributed by atoms with Crippen molar-refractivity contribution in [1.29, 1.82) is 5.26 Å². The van der Waals surface area contributed by atoms with Crippen LogP contribution in [0.2, 0.25) is 0 Å².